The third-order valence-electron chi connectivity index (χ3n) is 5.02. The van der Waals surface area contributed by atoms with Crippen LogP contribution in [-0.2, 0) is 0 Å². The maximum Gasteiger partial charge on any atom is 0.393 e. The van der Waals surface area contributed by atoms with Crippen LogP contribution in [0.2, 0.25) is 0 Å². The van der Waals surface area contributed by atoms with Crippen molar-refractivity contribution in [2.45, 2.75) is 64.2 Å². The van der Waals surface area contributed by atoms with Gasteiger partial charge in [-0.15, -0.1) is 0 Å². The molecule has 2 rings (SSSR count). The molecule has 2 aliphatic rings. The molecule has 2 nitrogen and oxygen atoms in total. The molecule has 0 aromatic rings. The Labute approximate surface area is 113 Å². The van der Waals surface area contributed by atoms with Crippen molar-refractivity contribution in [2.75, 3.05) is 13.1 Å². The Kier molecular flexibility index (Phi) is 4.17. The number of rotatable bonds is 1. The minimum Gasteiger partial charge on any atom is -0.326 e. The monoisotopic (exact) mass is 278 g/mol. The van der Waals surface area contributed by atoms with E-state index in [4.69, 9.17) is 5.73 Å². The van der Waals surface area contributed by atoms with Crippen molar-refractivity contribution in [3.05, 3.63) is 0 Å². The zero-order valence-corrected chi connectivity index (χ0v) is 11.8. The van der Waals surface area contributed by atoms with Crippen LogP contribution in [0, 0.1) is 11.3 Å². The quantitative estimate of drug-likeness (QED) is 0.798. The molecular formula is C14H25F3N2. The van der Waals surface area contributed by atoms with E-state index in [9.17, 15) is 13.2 Å². The third kappa shape index (κ3) is 3.24. The van der Waals surface area contributed by atoms with Crippen LogP contribution in [-0.4, -0.2) is 36.2 Å². The van der Waals surface area contributed by atoms with Crippen LogP contribution in [0.25, 0.3) is 0 Å². The second kappa shape index (κ2) is 5.24. The van der Waals surface area contributed by atoms with E-state index in [1.54, 1.807) is 0 Å². The molecular weight excluding hydrogens is 253 g/mol. The number of likely N-dealkylation sites (tertiary alicyclic amines) is 1. The highest BCUT2D eigenvalue weighted by molar-refractivity contribution is 4.97. The van der Waals surface area contributed by atoms with Crippen molar-refractivity contribution in [2.24, 2.45) is 17.1 Å². The van der Waals surface area contributed by atoms with Gasteiger partial charge < -0.3 is 5.73 Å². The molecule has 1 aliphatic heterocycles. The minimum absolute atomic E-state index is 0.0202. The normalized spacial score (nSPS) is 37.3. The van der Waals surface area contributed by atoms with Gasteiger partial charge in [0.2, 0.25) is 0 Å². The minimum atomic E-state index is -4.06. The Hall–Kier alpha value is -0.290. The van der Waals surface area contributed by atoms with Crippen LogP contribution in [0.1, 0.15) is 46.0 Å². The van der Waals surface area contributed by atoms with Crippen molar-refractivity contribution in [1.29, 1.82) is 0 Å². The van der Waals surface area contributed by atoms with Gasteiger partial charge in [-0.3, -0.25) is 4.90 Å². The van der Waals surface area contributed by atoms with E-state index in [0.29, 0.717) is 6.42 Å². The van der Waals surface area contributed by atoms with Crippen molar-refractivity contribution >= 4 is 0 Å². The molecule has 3 unspecified atom stereocenters. The summed E-state index contributed by atoms with van der Waals surface area (Å²) in [5.74, 6) is -1.17. The standard InChI is InChI=1S/C14H25F3N2/c1-13(2)7-3-6-11(12(13)18)19-8-4-5-10(9-19)14(15,16)17/h10-12H,3-9,18H2,1-2H3. The largest absolute Gasteiger partial charge is 0.393 e. The topological polar surface area (TPSA) is 29.3 Å². The summed E-state index contributed by atoms with van der Waals surface area (Å²) in [4.78, 5) is 2.01. The summed E-state index contributed by atoms with van der Waals surface area (Å²) in [7, 11) is 0. The highest BCUT2D eigenvalue weighted by Gasteiger charge is 2.45. The highest BCUT2D eigenvalue weighted by Crippen LogP contribution is 2.39. The van der Waals surface area contributed by atoms with Gasteiger partial charge in [0.25, 0.3) is 0 Å². The van der Waals surface area contributed by atoms with Crippen molar-refractivity contribution in [3.8, 4) is 0 Å². The second-order valence-corrected chi connectivity index (χ2v) is 6.85. The van der Waals surface area contributed by atoms with Crippen molar-refractivity contribution in [1.82, 2.24) is 4.90 Å². The van der Waals surface area contributed by atoms with Crippen LogP contribution in [0.4, 0.5) is 13.2 Å². The van der Waals surface area contributed by atoms with Crippen molar-refractivity contribution < 1.29 is 13.2 Å². The summed E-state index contributed by atoms with van der Waals surface area (Å²) < 4.78 is 38.6. The molecule has 19 heavy (non-hydrogen) atoms. The van der Waals surface area contributed by atoms with Crippen molar-refractivity contribution in [3.63, 3.8) is 0 Å². The number of halogens is 3. The molecule has 2 N–H and O–H groups in total. The van der Waals surface area contributed by atoms with Crippen LogP contribution in [0.5, 0.6) is 0 Å². The first kappa shape index (κ1) is 15.1. The number of piperidine rings is 1. The highest BCUT2D eigenvalue weighted by atomic mass is 19.4. The fraction of sp³-hybridized carbons (Fsp3) is 1.00. The first-order valence-electron chi connectivity index (χ1n) is 7.28. The average molecular weight is 278 g/mol. The van der Waals surface area contributed by atoms with Gasteiger partial charge in [-0.1, -0.05) is 20.3 Å². The van der Waals surface area contributed by atoms with E-state index in [2.05, 4.69) is 13.8 Å². The molecule has 2 fully saturated rings. The van der Waals surface area contributed by atoms with Gasteiger partial charge >= 0.3 is 6.18 Å². The molecule has 3 atom stereocenters. The summed E-state index contributed by atoms with van der Waals surface area (Å²) in [6.45, 7) is 5.17. The fourth-order valence-electron chi connectivity index (χ4n) is 3.62. The molecule has 1 saturated heterocycles. The van der Waals surface area contributed by atoms with Gasteiger partial charge in [-0.05, 0) is 37.6 Å². The van der Waals surface area contributed by atoms with Crippen LogP contribution < -0.4 is 5.73 Å². The van der Waals surface area contributed by atoms with Gasteiger partial charge in [-0.25, -0.2) is 0 Å². The van der Waals surface area contributed by atoms with Gasteiger partial charge in [0.05, 0.1) is 5.92 Å². The lowest BCUT2D eigenvalue weighted by Crippen LogP contribution is -2.59. The van der Waals surface area contributed by atoms with Crippen LogP contribution in [0.15, 0.2) is 0 Å². The zero-order chi connectivity index (χ0) is 14.3. The lowest BCUT2D eigenvalue weighted by molar-refractivity contribution is -0.190. The van der Waals surface area contributed by atoms with Gasteiger partial charge in [0, 0.05) is 18.6 Å². The molecule has 1 saturated carbocycles. The molecule has 5 heteroatoms. The summed E-state index contributed by atoms with van der Waals surface area (Å²) in [6.07, 6.45) is -0.0823. The molecule has 1 heterocycles. The fourth-order valence-corrected chi connectivity index (χ4v) is 3.62. The van der Waals surface area contributed by atoms with E-state index >= 15 is 0 Å². The number of nitrogens with zero attached hydrogens (tertiary/aromatic N) is 1. The maximum absolute atomic E-state index is 12.9. The number of hydrogen-bond donors (Lipinski definition) is 1. The molecule has 0 aromatic carbocycles. The maximum atomic E-state index is 12.9. The Morgan fingerprint density at radius 3 is 2.47 bits per heavy atom. The van der Waals surface area contributed by atoms with E-state index < -0.39 is 12.1 Å². The molecule has 0 amide bonds. The predicted molar refractivity (Wildman–Crippen MR) is 69.7 cm³/mol. The average Bonchev–Trinajstić information content (AvgIpc) is 2.32. The lowest BCUT2D eigenvalue weighted by Gasteiger charge is -2.48. The molecule has 0 aromatic heterocycles. The Bertz CT molecular complexity index is 314. The van der Waals surface area contributed by atoms with Crippen LogP contribution in [0.3, 0.4) is 0 Å². The van der Waals surface area contributed by atoms with Gasteiger partial charge in [0.15, 0.2) is 0 Å². The second-order valence-electron chi connectivity index (χ2n) is 6.85. The molecule has 1 aliphatic carbocycles. The van der Waals surface area contributed by atoms with Gasteiger partial charge in [0.1, 0.15) is 0 Å². The predicted octanol–water partition coefficient (Wildman–Crippen LogP) is 3.17. The molecule has 0 bridgehead atoms. The first-order valence-corrected chi connectivity index (χ1v) is 7.28. The summed E-state index contributed by atoms with van der Waals surface area (Å²) in [5, 5.41) is 0. The Morgan fingerprint density at radius 1 is 1.16 bits per heavy atom. The van der Waals surface area contributed by atoms with E-state index in [1.165, 1.54) is 0 Å². The Morgan fingerprint density at radius 2 is 1.84 bits per heavy atom. The number of alkyl halides is 3. The SMILES string of the molecule is CC1(C)CCCC(N2CCCC(C(F)(F)F)C2)C1N. The lowest BCUT2D eigenvalue weighted by atomic mass is 9.70. The van der Waals surface area contributed by atoms with E-state index in [-0.39, 0.29) is 30.5 Å². The molecule has 0 radical (unpaired) electrons. The van der Waals surface area contributed by atoms with Gasteiger partial charge in [-0.2, -0.15) is 13.2 Å². The van der Waals surface area contributed by atoms with E-state index in [1.807, 2.05) is 4.90 Å². The summed E-state index contributed by atoms with van der Waals surface area (Å²) >= 11 is 0. The molecule has 112 valence electrons. The number of nitrogens with two attached hydrogens (primary N) is 1. The van der Waals surface area contributed by atoms with Crippen LogP contribution >= 0.6 is 0 Å². The number of hydrogen-bond acceptors (Lipinski definition) is 2. The Balaban J connectivity index is 2.05. The smallest absolute Gasteiger partial charge is 0.326 e. The zero-order valence-electron chi connectivity index (χ0n) is 11.8. The summed E-state index contributed by atoms with van der Waals surface area (Å²) in [6, 6.07) is 0.0992. The molecule has 0 spiro atoms. The summed E-state index contributed by atoms with van der Waals surface area (Å²) in [5.41, 5.74) is 6.35. The third-order valence-corrected chi connectivity index (χ3v) is 5.02. The van der Waals surface area contributed by atoms with E-state index in [0.717, 1.165) is 25.8 Å². The first-order chi connectivity index (χ1) is 8.72.